The van der Waals surface area contributed by atoms with Crippen LogP contribution in [0.25, 0.3) is 0 Å². The number of hydrogen-bond donors (Lipinski definition) is 0. The van der Waals surface area contributed by atoms with E-state index in [-0.39, 0.29) is 11.8 Å². The lowest BCUT2D eigenvalue weighted by atomic mass is 9.84. The number of pyridine rings is 1. The van der Waals surface area contributed by atoms with Crippen molar-refractivity contribution in [3.63, 3.8) is 0 Å². The number of aromatic nitrogens is 1. The third-order valence-electron chi connectivity index (χ3n) is 6.22. The molecule has 1 aromatic heterocycles. The summed E-state index contributed by atoms with van der Waals surface area (Å²) in [7, 11) is 0. The quantitative estimate of drug-likeness (QED) is 0.820. The number of rotatable bonds is 3. The van der Waals surface area contributed by atoms with Gasteiger partial charge in [0, 0.05) is 56.9 Å². The number of carbonyl (C=O) groups is 2. The topological polar surface area (TPSA) is 56.8 Å². The molecule has 3 heterocycles. The predicted molar refractivity (Wildman–Crippen MR) is 105 cm³/mol. The molecule has 3 aliphatic rings. The van der Waals surface area contributed by atoms with Gasteiger partial charge in [-0.3, -0.25) is 9.59 Å². The molecule has 2 amide bonds. The van der Waals surface area contributed by atoms with Crippen LogP contribution in [0.3, 0.4) is 0 Å². The SMILES string of the molecule is O=C(c1ccnc(N2CCCN(C(=O)C3CCC3)CC2)c1)N1CCCCC1. The highest BCUT2D eigenvalue weighted by molar-refractivity contribution is 5.95. The Morgan fingerprint density at radius 2 is 1.63 bits per heavy atom. The molecule has 2 aliphatic heterocycles. The molecule has 6 nitrogen and oxygen atoms in total. The van der Waals surface area contributed by atoms with Crippen molar-refractivity contribution in [1.82, 2.24) is 14.8 Å². The van der Waals surface area contributed by atoms with Gasteiger partial charge in [0.15, 0.2) is 0 Å². The minimum atomic E-state index is 0.120. The molecule has 146 valence electrons. The molecular formula is C21H30N4O2. The van der Waals surface area contributed by atoms with E-state index < -0.39 is 0 Å². The van der Waals surface area contributed by atoms with Crippen molar-refractivity contribution < 1.29 is 9.59 Å². The van der Waals surface area contributed by atoms with Crippen LogP contribution in [0.4, 0.5) is 5.82 Å². The van der Waals surface area contributed by atoms with Crippen LogP contribution in [0.15, 0.2) is 18.3 Å². The van der Waals surface area contributed by atoms with Gasteiger partial charge in [-0.2, -0.15) is 0 Å². The predicted octanol–water partition coefficient (Wildman–Crippen LogP) is 2.55. The molecular weight excluding hydrogens is 340 g/mol. The van der Waals surface area contributed by atoms with Crippen LogP contribution in [0.1, 0.15) is 55.3 Å². The third-order valence-corrected chi connectivity index (χ3v) is 6.22. The van der Waals surface area contributed by atoms with Gasteiger partial charge in [-0.25, -0.2) is 4.98 Å². The molecule has 1 saturated carbocycles. The van der Waals surface area contributed by atoms with Crippen LogP contribution in [0.5, 0.6) is 0 Å². The number of carbonyl (C=O) groups excluding carboxylic acids is 2. The van der Waals surface area contributed by atoms with E-state index in [1.165, 1.54) is 12.8 Å². The first-order chi connectivity index (χ1) is 13.2. The molecule has 0 atom stereocenters. The summed E-state index contributed by atoms with van der Waals surface area (Å²) in [6.45, 7) is 4.96. The summed E-state index contributed by atoms with van der Waals surface area (Å²) in [6, 6.07) is 3.75. The van der Waals surface area contributed by atoms with E-state index in [1.54, 1.807) is 6.20 Å². The molecule has 27 heavy (non-hydrogen) atoms. The molecule has 0 bridgehead atoms. The number of likely N-dealkylation sites (tertiary alicyclic amines) is 1. The lowest BCUT2D eigenvalue weighted by Crippen LogP contribution is -2.41. The van der Waals surface area contributed by atoms with Crippen LogP contribution in [0.2, 0.25) is 0 Å². The zero-order valence-corrected chi connectivity index (χ0v) is 16.1. The highest BCUT2D eigenvalue weighted by Crippen LogP contribution is 2.29. The Hall–Kier alpha value is -2.11. The molecule has 0 unspecified atom stereocenters. The largest absolute Gasteiger partial charge is 0.355 e. The fourth-order valence-corrected chi connectivity index (χ4v) is 4.28. The molecule has 0 N–H and O–H groups in total. The Balaban J connectivity index is 1.41. The summed E-state index contributed by atoms with van der Waals surface area (Å²) in [6.07, 6.45) is 9.41. The van der Waals surface area contributed by atoms with E-state index in [0.717, 1.165) is 82.8 Å². The molecule has 6 heteroatoms. The van der Waals surface area contributed by atoms with Crippen molar-refractivity contribution in [1.29, 1.82) is 0 Å². The van der Waals surface area contributed by atoms with Crippen LogP contribution in [0, 0.1) is 5.92 Å². The summed E-state index contributed by atoms with van der Waals surface area (Å²) in [5.41, 5.74) is 0.730. The maximum atomic E-state index is 12.8. The average Bonchev–Trinajstić information content (AvgIpc) is 2.93. The van der Waals surface area contributed by atoms with Crippen LogP contribution < -0.4 is 4.90 Å². The fraction of sp³-hybridized carbons (Fsp3) is 0.667. The molecule has 0 aromatic carbocycles. The smallest absolute Gasteiger partial charge is 0.254 e. The molecule has 1 aliphatic carbocycles. The highest BCUT2D eigenvalue weighted by Gasteiger charge is 2.30. The third kappa shape index (κ3) is 4.09. The Morgan fingerprint density at radius 3 is 2.37 bits per heavy atom. The van der Waals surface area contributed by atoms with E-state index in [0.29, 0.717) is 5.91 Å². The lowest BCUT2D eigenvalue weighted by molar-refractivity contribution is -0.137. The number of amides is 2. The van der Waals surface area contributed by atoms with Gasteiger partial charge in [0.2, 0.25) is 5.91 Å². The fourth-order valence-electron chi connectivity index (χ4n) is 4.28. The zero-order valence-electron chi connectivity index (χ0n) is 16.1. The van der Waals surface area contributed by atoms with Crippen molar-refractivity contribution in [2.45, 2.75) is 44.9 Å². The van der Waals surface area contributed by atoms with Gasteiger partial charge in [-0.15, -0.1) is 0 Å². The van der Waals surface area contributed by atoms with E-state index >= 15 is 0 Å². The van der Waals surface area contributed by atoms with Gasteiger partial charge in [0.25, 0.3) is 5.91 Å². The van der Waals surface area contributed by atoms with Crippen molar-refractivity contribution in [3.8, 4) is 0 Å². The zero-order chi connectivity index (χ0) is 18.6. The number of nitrogens with zero attached hydrogens (tertiary/aromatic N) is 4. The number of anilines is 1. The monoisotopic (exact) mass is 370 g/mol. The number of hydrogen-bond acceptors (Lipinski definition) is 4. The first-order valence-electron chi connectivity index (χ1n) is 10.5. The van der Waals surface area contributed by atoms with Gasteiger partial charge in [0.1, 0.15) is 5.82 Å². The second-order valence-electron chi connectivity index (χ2n) is 8.05. The molecule has 4 rings (SSSR count). The van der Waals surface area contributed by atoms with E-state index in [2.05, 4.69) is 9.88 Å². The maximum absolute atomic E-state index is 12.8. The van der Waals surface area contributed by atoms with Crippen molar-refractivity contribution in [2.75, 3.05) is 44.2 Å². The average molecular weight is 370 g/mol. The van der Waals surface area contributed by atoms with Gasteiger partial charge in [0.05, 0.1) is 0 Å². The van der Waals surface area contributed by atoms with Crippen molar-refractivity contribution in [2.24, 2.45) is 5.92 Å². The Labute approximate surface area is 161 Å². The Bertz CT molecular complexity index is 683. The molecule has 2 saturated heterocycles. The van der Waals surface area contributed by atoms with Crippen LogP contribution in [-0.4, -0.2) is 65.9 Å². The molecule has 0 spiro atoms. The minimum absolute atomic E-state index is 0.120. The standard InChI is InChI=1S/C21H30N4O2/c26-20(17-6-4-7-17)25-13-5-12-23(14-15-25)19-16-18(8-9-22-19)21(27)24-10-2-1-3-11-24/h8-9,16-17H,1-7,10-15H2. The van der Waals surface area contributed by atoms with Crippen molar-refractivity contribution >= 4 is 17.6 Å². The van der Waals surface area contributed by atoms with Crippen LogP contribution >= 0.6 is 0 Å². The minimum Gasteiger partial charge on any atom is -0.355 e. The molecule has 1 aromatic rings. The van der Waals surface area contributed by atoms with Crippen molar-refractivity contribution in [3.05, 3.63) is 23.9 Å². The molecule has 0 radical (unpaired) electrons. The second-order valence-corrected chi connectivity index (χ2v) is 8.05. The maximum Gasteiger partial charge on any atom is 0.254 e. The summed E-state index contributed by atoms with van der Waals surface area (Å²) in [5, 5.41) is 0. The van der Waals surface area contributed by atoms with Gasteiger partial charge >= 0.3 is 0 Å². The van der Waals surface area contributed by atoms with E-state index in [9.17, 15) is 9.59 Å². The van der Waals surface area contributed by atoms with Gasteiger partial charge in [-0.05, 0) is 50.7 Å². The normalized spacial score (nSPS) is 21.6. The van der Waals surface area contributed by atoms with Gasteiger partial charge < -0.3 is 14.7 Å². The Kier molecular flexibility index (Phi) is 5.60. The highest BCUT2D eigenvalue weighted by atomic mass is 16.2. The summed E-state index contributed by atoms with van der Waals surface area (Å²) in [4.78, 5) is 36.1. The van der Waals surface area contributed by atoms with E-state index in [1.807, 2.05) is 21.9 Å². The second kappa shape index (κ2) is 8.28. The van der Waals surface area contributed by atoms with Gasteiger partial charge in [-0.1, -0.05) is 6.42 Å². The summed E-state index contributed by atoms with van der Waals surface area (Å²) < 4.78 is 0. The van der Waals surface area contributed by atoms with E-state index in [4.69, 9.17) is 0 Å². The van der Waals surface area contributed by atoms with Crippen LogP contribution in [-0.2, 0) is 4.79 Å². The Morgan fingerprint density at radius 1 is 0.852 bits per heavy atom. The first-order valence-corrected chi connectivity index (χ1v) is 10.5. The summed E-state index contributed by atoms with van der Waals surface area (Å²) in [5.74, 6) is 1.58. The first kappa shape index (κ1) is 18.3. The molecule has 3 fully saturated rings. The lowest BCUT2D eigenvalue weighted by Gasteiger charge is -2.31. The summed E-state index contributed by atoms with van der Waals surface area (Å²) >= 11 is 0. The number of piperidine rings is 1.